The third-order valence-electron chi connectivity index (χ3n) is 6.01. The van der Waals surface area contributed by atoms with Crippen molar-refractivity contribution in [3.05, 3.63) is 41.2 Å². The van der Waals surface area contributed by atoms with Crippen LogP contribution in [0.15, 0.2) is 18.2 Å². The van der Waals surface area contributed by atoms with Gasteiger partial charge >= 0.3 is 6.55 Å². The van der Waals surface area contributed by atoms with Crippen LogP contribution >= 0.6 is 0 Å². The average molecular weight is 467 g/mol. The minimum atomic E-state index is -2.83. The number of hydrogen-bond donors (Lipinski definition) is 1. The zero-order chi connectivity index (χ0) is 23.7. The number of nitrogens with zero attached hydrogens (tertiary/aromatic N) is 4. The number of fused-ring (bicyclic) bond motifs is 1. The van der Waals surface area contributed by atoms with Crippen LogP contribution < -0.4 is 15.0 Å². The number of anilines is 2. The second-order valence-electron chi connectivity index (χ2n) is 8.19. The molecule has 1 aromatic heterocycles. The molecule has 1 fully saturated rings. The van der Waals surface area contributed by atoms with Crippen molar-refractivity contribution in [2.24, 2.45) is 0 Å². The highest BCUT2D eigenvalue weighted by Gasteiger charge is 2.32. The molecule has 33 heavy (non-hydrogen) atoms. The lowest BCUT2D eigenvalue weighted by molar-refractivity contribution is -0.131. The fraction of sp³-hybridized carbons (Fsp3) is 0.500. The summed E-state index contributed by atoms with van der Waals surface area (Å²) in [6.07, 6.45) is 1.18. The molecule has 1 unspecified atom stereocenters. The first-order valence-corrected chi connectivity index (χ1v) is 10.8. The van der Waals surface area contributed by atoms with E-state index in [1.54, 1.807) is 11.8 Å². The molecule has 7 nitrogen and oxygen atoms in total. The third-order valence-corrected chi connectivity index (χ3v) is 6.01. The lowest BCUT2D eigenvalue weighted by atomic mass is 10.0. The van der Waals surface area contributed by atoms with Crippen LogP contribution in [0.5, 0.6) is 5.75 Å². The number of halogens is 4. The molecule has 1 amide bonds. The molecule has 1 N–H and O–H groups in total. The second-order valence-corrected chi connectivity index (χ2v) is 8.19. The fourth-order valence-electron chi connectivity index (χ4n) is 4.35. The number of hydrogen-bond acceptors (Lipinski definition) is 6. The summed E-state index contributed by atoms with van der Waals surface area (Å²) in [5.41, 5.74) is 1.19. The van der Waals surface area contributed by atoms with Gasteiger partial charge in [-0.15, -0.1) is 0 Å². The molecule has 2 aliphatic heterocycles. The van der Waals surface area contributed by atoms with Crippen LogP contribution in [-0.4, -0.2) is 53.1 Å². The SMILES string of the molecule is CC(=O)N1CCc2nc(N3CCC(Oc4ccc(F)cc4F)CC3)c(NC(F)F)nc2C1C. The molecular weight excluding hydrogens is 442 g/mol. The smallest absolute Gasteiger partial charge is 0.314 e. The molecule has 0 saturated carbocycles. The summed E-state index contributed by atoms with van der Waals surface area (Å²) < 4.78 is 59.1. The first kappa shape index (κ1) is 23.1. The highest BCUT2D eigenvalue weighted by atomic mass is 19.3. The molecule has 0 aliphatic carbocycles. The van der Waals surface area contributed by atoms with Crippen LogP contribution in [-0.2, 0) is 11.2 Å². The van der Waals surface area contributed by atoms with Crippen LogP contribution in [0.2, 0.25) is 0 Å². The van der Waals surface area contributed by atoms with Crippen molar-refractivity contribution in [2.45, 2.75) is 51.8 Å². The van der Waals surface area contributed by atoms with Gasteiger partial charge in [-0.25, -0.2) is 18.7 Å². The predicted octanol–water partition coefficient (Wildman–Crippen LogP) is 3.90. The Morgan fingerprint density at radius 3 is 2.55 bits per heavy atom. The largest absolute Gasteiger partial charge is 0.487 e. The fourth-order valence-corrected chi connectivity index (χ4v) is 4.35. The summed E-state index contributed by atoms with van der Waals surface area (Å²) in [5, 5.41) is 2.08. The zero-order valence-corrected chi connectivity index (χ0v) is 18.3. The van der Waals surface area contributed by atoms with Gasteiger partial charge in [0.1, 0.15) is 11.9 Å². The topological polar surface area (TPSA) is 70.6 Å². The van der Waals surface area contributed by atoms with Gasteiger partial charge in [-0.2, -0.15) is 8.78 Å². The van der Waals surface area contributed by atoms with Gasteiger partial charge in [-0.3, -0.25) is 4.79 Å². The maximum Gasteiger partial charge on any atom is 0.314 e. The lowest BCUT2D eigenvalue weighted by Crippen LogP contribution is -2.41. The average Bonchev–Trinajstić information content (AvgIpc) is 2.76. The number of alkyl halides is 2. The van der Waals surface area contributed by atoms with Crippen molar-refractivity contribution < 1.29 is 27.1 Å². The summed E-state index contributed by atoms with van der Waals surface area (Å²) in [6.45, 7) is 1.80. The lowest BCUT2D eigenvalue weighted by Gasteiger charge is -2.36. The number of nitrogens with one attached hydrogen (secondary N) is 1. The number of piperidine rings is 1. The Morgan fingerprint density at radius 1 is 1.18 bits per heavy atom. The van der Waals surface area contributed by atoms with E-state index in [2.05, 4.69) is 15.3 Å². The molecule has 4 rings (SSSR count). The Kier molecular flexibility index (Phi) is 6.57. The number of aromatic nitrogens is 2. The third kappa shape index (κ3) is 4.96. The summed E-state index contributed by atoms with van der Waals surface area (Å²) in [5.74, 6) is -1.29. The van der Waals surface area contributed by atoms with Gasteiger partial charge < -0.3 is 19.9 Å². The van der Waals surface area contributed by atoms with E-state index in [0.717, 1.165) is 12.1 Å². The van der Waals surface area contributed by atoms with Crippen LogP contribution in [0.1, 0.15) is 44.1 Å². The number of carbonyl (C=O) groups excluding carboxylic acids is 1. The van der Waals surface area contributed by atoms with Gasteiger partial charge in [-0.1, -0.05) is 0 Å². The normalized spacial score (nSPS) is 18.9. The molecule has 3 heterocycles. The van der Waals surface area contributed by atoms with Crippen LogP contribution in [0.25, 0.3) is 0 Å². The first-order chi connectivity index (χ1) is 15.7. The monoisotopic (exact) mass is 467 g/mol. The van der Waals surface area contributed by atoms with Crippen LogP contribution in [0.4, 0.5) is 29.2 Å². The minimum absolute atomic E-state index is 0.0208. The van der Waals surface area contributed by atoms with Crippen molar-refractivity contribution in [1.82, 2.24) is 14.9 Å². The molecule has 1 aromatic carbocycles. The molecule has 178 valence electrons. The molecule has 1 saturated heterocycles. The second kappa shape index (κ2) is 9.40. The van der Waals surface area contributed by atoms with E-state index >= 15 is 0 Å². The standard InChI is InChI=1S/C22H25F4N5O2/c1-12-19-17(7-10-31(12)13(2)32)27-21(20(28-19)29-22(25)26)30-8-5-15(6-9-30)33-18-4-3-14(23)11-16(18)24/h3-4,11-12,15,22H,5-10H2,1-2H3,(H,28,29). The molecule has 1 atom stereocenters. The summed E-state index contributed by atoms with van der Waals surface area (Å²) in [6, 6.07) is 2.79. The summed E-state index contributed by atoms with van der Waals surface area (Å²) in [4.78, 5) is 24.5. The van der Waals surface area contributed by atoms with Crippen molar-refractivity contribution in [1.29, 1.82) is 0 Å². The van der Waals surface area contributed by atoms with Crippen LogP contribution in [0.3, 0.4) is 0 Å². The number of carbonyl (C=O) groups is 1. The number of benzene rings is 1. The highest BCUT2D eigenvalue weighted by Crippen LogP contribution is 2.34. The number of rotatable bonds is 5. The van der Waals surface area contributed by atoms with Crippen LogP contribution in [0, 0.1) is 11.6 Å². The molecular formula is C22H25F4N5O2. The Bertz CT molecular complexity index is 1030. The Balaban J connectivity index is 1.52. The van der Waals surface area contributed by atoms with Gasteiger partial charge in [0.2, 0.25) is 5.91 Å². The predicted molar refractivity (Wildman–Crippen MR) is 113 cm³/mol. The van der Waals surface area contributed by atoms with Gasteiger partial charge in [-0.05, 0) is 19.1 Å². The zero-order valence-electron chi connectivity index (χ0n) is 18.3. The van der Waals surface area contributed by atoms with Gasteiger partial charge in [0.25, 0.3) is 0 Å². The van der Waals surface area contributed by atoms with Crippen molar-refractivity contribution in [3.63, 3.8) is 0 Å². The van der Waals surface area contributed by atoms with Crippen molar-refractivity contribution in [3.8, 4) is 5.75 Å². The Morgan fingerprint density at radius 2 is 1.91 bits per heavy atom. The van der Waals surface area contributed by atoms with E-state index in [9.17, 15) is 22.4 Å². The maximum atomic E-state index is 13.9. The summed E-state index contributed by atoms with van der Waals surface area (Å²) in [7, 11) is 0. The number of amides is 1. The quantitative estimate of drug-likeness (QED) is 0.531. The Labute approximate surface area is 188 Å². The van der Waals surface area contributed by atoms with E-state index < -0.39 is 18.2 Å². The van der Waals surface area contributed by atoms with Gasteiger partial charge in [0.05, 0.1) is 17.4 Å². The van der Waals surface area contributed by atoms with Crippen molar-refractivity contribution in [2.75, 3.05) is 29.9 Å². The van der Waals surface area contributed by atoms with E-state index in [1.165, 1.54) is 13.0 Å². The highest BCUT2D eigenvalue weighted by molar-refractivity contribution is 5.74. The van der Waals surface area contributed by atoms with Crippen molar-refractivity contribution >= 4 is 17.5 Å². The molecule has 0 spiro atoms. The number of ether oxygens (including phenoxy) is 1. The summed E-state index contributed by atoms with van der Waals surface area (Å²) >= 11 is 0. The van der Waals surface area contributed by atoms with E-state index in [0.29, 0.717) is 56.1 Å². The molecule has 11 heteroatoms. The molecule has 0 bridgehead atoms. The van der Waals surface area contributed by atoms with Gasteiger partial charge in [0.15, 0.2) is 23.2 Å². The van der Waals surface area contributed by atoms with Gasteiger partial charge in [0, 0.05) is 51.9 Å². The molecule has 0 radical (unpaired) electrons. The first-order valence-electron chi connectivity index (χ1n) is 10.8. The molecule has 2 aliphatic rings. The minimum Gasteiger partial charge on any atom is -0.487 e. The van der Waals surface area contributed by atoms with E-state index in [-0.39, 0.29) is 29.6 Å². The van der Waals surface area contributed by atoms with E-state index in [4.69, 9.17) is 4.74 Å². The Hall–Kier alpha value is -3.11. The molecule has 2 aromatic rings. The van der Waals surface area contributed by atoms with E-state index in [1.807, 2.05) is 4.90 Å². The maximum absolute atomic E-state index is 13.9.